The van der Waals surface area contributed by atoms with Gasteiger partial charge in [-0.1, -0.05) is 25.2 Å². The molecule has 0 aliphatic rings. The molecule has 0 aliphatic heterocycles. The minimum atomic E-state index is 0.380. The molecule has 0 amide bonds. The second-order valence-electron chi connectivity index (χ2n) is 6.43. The van der Waals surface area contributed by atoms with Crippen molar-refractivity contribution in [2.75, 3.05) is 19.0 Å². The fourth-order valence-electron chi connectivity index (χ4n) is 2.54. The number of anilines is 1. The third-order valence-electron chi connectivity index (χ3n) is 4.07. The minimum absolute atomic E-state index is 0.380. The Bertz CT molecular complexity index is 1010. The molecule has 7 nitrogen and oxygen atoms in total. The Morgan fingerprint density at radius 2 is 1.88 bits per heavy atom. The standard InChI is InChI=1S/C17H19N7S/c1-10(2)13-9-14(19-18-13)15-20-21-17-24(15)22-16(25-17)11-5-7-12(8-6-11)23(3)4/h5-10H,1-4H3,(H,18,19). The molecule has 4 aromatic rings. The van der Waals surface area contributed by atoms with E-state index in [4.69, 9.17) is 5.10 Å². The lowest BCUT2D eigenvalue weighted by Gasteiger charge is -2.11. The Morgan fingerprint density at radius 3 is 2.52 bits per heavy atom. The first-order chi connectivity index (χ1) is 12.0. The van der Waals surface area contributed by atoms with Crippen LogP contribution in [0, 0.1) is 0 Å². The van der Waals surface area contributed by atoms with Crippen molar-refractivity contribution in [2.45, 2.75) is 19.8 Å². The molecule has 25 heavy (non-hydrogen) atoms. The first kappa shape index (κ1) is 15.8. The van der Waals surface area contributed by atoms with Gasteiger partial charge in [0, 0.05) is 31.0 Å². The molecular weight excluding hydrogens is 334 g/mol. The van der Waals surface area contributed by atoms with E-state index in [2.05, 4.69) is 63.4 Å². The van der Waals surface area contributed by atoms with Gasteiger partial charge in [-0.25, -0.2) is 0 Å². The molecule has 0 radical (unpaired) electrons. The van der Waals surface area contributed by atoms with Crippen molar-refractivity contribution in [3.8, 4) is 22.1 Å². The molecule has 0 atom stereocenters. The maximum Gasteiger partial charge on any atom is 0.235 e. The zero-order valence-electron chi connectivity index (χ0n) is 14.6. The lowest BCUT2D eigenvalue weighted by molar-refractivity contribution is 0.810. The molecular formula is C17H19N7S. The third kappa shape index (κ3) is 2.78. The molecule has 0 spiro atoms. The van der Waals surface area contributed by atoms with Crippen molar-refractivity contribution in [2.24, 2.45) is 0 Å². The highest BCUT2D eigenvalue weighted by Gasteiger charge is 2.17. The number of aromatic amines is 1. The van der Waals surface area contributed by atoms with Gasteiger partial charge in [-0.2, -0.15) is 14.7 Å². The first-order valence-corrected chi connectivity index (χ1v) is 8.90. The quantitative estimate of drug-likeness (QED) is 0.608. The number of aromatic nitrogens is 6. The molecule has 1 aromatic carbocycles. The highest BCUT2D eigenvalue weighted by atomic mass is 32.1. The molecule has 3 heterocycles. The molecule has 4 rings (SSSR count). The number of rotatable bonds is 4. The molecule has 3 aromatic heterocycles. The summed E-state index contributed by atoms with van der Waals surface area (Å²) >= 11 is 1.52. The van der Waals surface area contributed by atoms with Crippen molar-refractivity contribution >= 4 is 22.0 Å². The Morgan fingerprint density at radius 1 is 1.12 bits per heavy atom. The van der Waals surface area contributed by atoms with E-state index >= 15 is 0 Å². The zero-order valence-corrected chi connectivity index (χ0v) is 15.4. The van der Waals surface area contributed by atoms with Crippen LogP contribution in [-0.2, 0) is 0 Å². The molecule has 0 bridgehead atoms. The Balaban J connectivity index is 1.72. The van der Waals surface area contributed by atoms with Gasteiger partial charge in [0.15, 0.2) is 0 Å². The summed E-state index contributed by atoms with van der Waals surface area (Å²) in [6.07, 6.45) is 0. The van der Waals surface area contributed by atoms with Crippen LogP contribution >= 0.6 is 11.3 Å². The Hall–Kier alpha value is -2.74. The zero-order chi connectivity index (χ0) is 17.6. The van der Waals surface area contributed by atoms with Crippen LogP contribution < -0.4 is 4.90 Å². The average molecular weight is 353 g/mol. The summed E-state index contributed by atoms with van der Waals surface area (Å²) in [6.45, 7) is 4.24. The summed E-state index contributed by atoms with van der Waals surface area (Å²) < 4.78 is 1.76. The summed E-state index contributed by atoms with van der Waals surface area (Å²) in [5.41, 5.74) is 4.06. The van der Waals surface area contributed by atoms with Gasteiger partial charge < -0.3 is 4.90 Å². The van der Waals surface area contributed by atoms with E-state index in [1.807, 2.05) is 20.2 Å². The summed E-state index contributed by atoms with van der Waals surface area (Å²) in [6, 6.07) is 10.3. The van der Waals surface area contributed by atoms with Crippen molar-refractivity contribution < 1.29 is 0 Å². The van der Waals surface area contributed by atoms with E-state index in [9.17, 15) is 0 Å². The predicted molar refractivity (Wildman–Crippen MR) is 100 cm³/mol. The number of hydrogen-bond acceptors (Lipinski definition) is 6. The molecule has 0 saturated heterocycles. The number of hydrogen-bond donors (Lipinski definition) is 1. The number of H-pyrrole nitrogens is 1. The van der Waals surface area contributed by atoms with Crippen molar-refractivity contribution in [3.05, 3.63) is 36.0 Å². The van der Waals surface area contributed by atoms with Crippen LogP contribution in [0.3, 0.4) is 0 Å². The minimum Gasteiger partial charge on any atom is -0.378 e. The molecule has 0 unspecified atom stereocenters. The predicted octanol–water partition coefficient (Wildman–Crippen LogP) is 3.43. The first-order valence-electron chi connectivity index (χ1n) is 8.08. The van der Waals surface area contributed by atoms with Gasteiger partial charge in [-0.05, 0) is 36.2 Å². The van der Waals surface area contributed by atoms with Crippen LogP contribution in [-0.4, -0.2) is 44.1 Å². The third-order valence-corrected chi connectivity index (χ3v) is 5.02. The number of fused-ring (bicyclic) bond motifs is 1. The van der Waals surface area contributed by atoms with Gasteiger partial charge in [-0.15, -0.1) is 10.2 Å². The molecule has 1 N–H and O–H groups in total. The Kier molecular flexibility index (Phi) is 3.76. The topological polar surface area (TPSA) is 75.0 Å². The summed E-state index contributed by atoms with van der Waals surface area (Å²) in [5, 5.41) is 21.5. The van der Waals surface area contributed by atoms with Crippen LogP contribution in [0.25, 0.3) is 27.1 Å². The van der Waals surface area contributed by atoms with Crippen LogP contribution in [0.1, 0.15) is 25.5 Å². The maximum absolute atomic E-state index is 4.69. The number of benzene rings is 1. The van der Waals surface area contributed by atoms with E-state index in [1.54, 1.807) is 4.52 Å². The highest BCUT2D eigenvalue weighted by molar-refractivity contribution is 7.19. The number of nitrogens with one attached hydrogen (secondary N) is 1. The van der Waals surface area contributed by atoms with Crippen LogP contribution in [0.5, 0.6) is 0 Å². The normalized spacial score (nSPS) is 11.6. The second-order valence-corrected chi connectivity index (χ2v) is 7.39. The molecule has 0 fully saturated rings. The fourth-order valence-corrected chi connectivity index (χ4v) is 3.39. The highest BCUT2D eigenvalue weighted by Crippen LogP contribution is 2.29. The summed E-state index contributed by atoms with van der Waals surface area (Å²) in [5.74, 6) is 1.04. The largest absolute Gasteiger partial charge is 0.378 e. The fraction of sp³-hybridized carbons (Fsp3) is 0.294. The van der Waals surface area contributed by atoms with Crippen LogP contribution in [0.2, 0.25) is 0 Å². The van der Waals surface area contributed by atoms with Gasteiger partial charge in [0.1, 0.15) is 10.7 Å². The van der Waals surface area contributed by atoms with Gasteiger partial charge in [0.2, 0.25) is 10.8 Å². The van der Waals surface area contributed by atoms with E-state index < -0.39 is 0 Å². The average Bonchev–Trinajstić information content (AvgIpc) is 3.29. The van der Waals surface area contributed by atoms with E-state index in [-0.39, 0.29) is 0 Å². The summed E-state index contributed by atoms with van der Waals surface area (Å²) in [4.78, 5) is 2.83. The lowest BCUT2D eigenvalue weighted by atomic mass is 10.1. The van der Waals surface area contributed by atoms with Crippen molar-refractivity contribution in [1.82, 2.24) is 30.0 Å². The molecule has 0 saturated carbocycles. The second kappa shape index (κ2) is 5.96. The van der Waals surface area contributed by atoms with Gasteiger partial charge in [-0.3, -0.25) is 5.10 Å². The van der Waals surface area contributed by atoms with Crippen molar-refractivity contribution in [3.63, 3.8) is 0 Å². The van der Waals surface area contributed by atoms with E-state index in [0.717, 1.165) is 32.6 Å². The Labute approximate surface area is 149 Å². The molecule has 0 aliphatic carbocycles. The number of nitrogens with zero attached hydrogens (tertiary/aromatic N) is 6. The van der Waals surface area contributed by atoms with Crippen LogP contribution in [0.4, 0.5) is 5.69 Å². The van der Waals surface area contributed by atoms with Gasteiger partial charge in [0.05, 0.1) is 0 Å². The SMILES string of the molecule is CC(C)c1cc(-c2nnc3sc(-c4ccc(N(C)C)cc4)nn23)n[nH]1. The lowest BCUT2D eigenvalue weighted by Crippen LogP contribution is -2.07. The van der Waals surface area contributed by atoms with Gasteiger partial charge in [0.25, 0.3) is 0 Å². The summed E-state index contributed by atoms with van der Waals surface area (Å²) in [7, 11) is 4.05. The molecule has 8 heteroatoms. The maximum atomic E-state index is 4.69. The smallest absolute Gasteiger partial charge is 0.235 e. The monoisotopic (exact) mass is 353 g/mol. The molecule has 128 valence electrons. The van der Waals surface area contributed by atoms with E-state index in [1.165, 1.54) is 11.3 Å². The van der Waals surface area contributed by atoms with Gasteiger partial charge >= 0.3 is 0 Å². The van der Waals surface area contributed by atoms with Crippen LogP contribution in [0.15, 0.2) is 30.3 Å². The van der Waals surface area contributed by atoms with E-state index in [0.29, 0.717) is 11.7 Å². The van der Waals surface area contributed by atoms with Crippen molar-refractivity contribution in [1.29, 1.82) is 0 Å².